The second-order valence-electron chi connectivity index (χ2n) is 3.62. The molecule has 0 aliphatic heterocycles. The normalized spacial score (nSPS) is 12.5. The van der Waals surface area contributed by atoms with Crippen molar-refractivity contribution in [2.75, 3.05) is 6.54 Å². The average Bonchev–Trinajstić information content (AvgIpc) is 2.25. The van der Waals surface area contributed by atoms with Crippen molar-refractivity contribution >= 4 is 15.9 Å². The number of hydrogen-bond acceptors (Lipinski definition) is 1. The van der Waals surface area contributed by atoms with E-state index in [0.717, 1.165) is 17.4 Å². The summed E-state index contributed by atoms with van der Waals surface area (Å²) in [5.74, 6) is 0. The predicted octanol–water partition coefficient (Wildman–Crippen LogP) is 3.98. The lowest BCUT2D eigenvalue weighted by Gasteiger charge is -2.17. The molecule has 0 aromatic heterocycles. The van der Waals surface area contributed by atoms with Gasteiger partial charge in [0.2, 0.25) is 0 Å². The molecule has 0 bridgehead atoms. The Kier molecular flexibility index (Phi) is 5.06. The van der Waals surface area contributed by atoms with Crippen molar-refractivity contribution in [1.82, 2.24) is 5.32 Å². The lowest BCUT2D eigenvalue weighted by Crippen LogP contribution is -2.20. The summed E-state index contributed by atoms with van der Waals surface area (Å²) in [6.45, 7) is 9.20. The van der Waals surface area contributed by atoms with Crippen molar-refractivity contribution in [2.24, 2.45) is 0 Å². The minimum Gasteiger partial charge on any atom is -0.307 e. The minimum atomic E-state index is 0.252. The highest BCUT2D eigenvalue weighted by Gasteiger charge is 2.10. The molecule has 15 heavy (non-hydrogen) atoms. The van der Waals surface area contributed by atoms with Gasteiger partial charge in [-0.25, -0.2) is 0 Å². The summed E-state index contributed by atoms with van der Waals surface area (Å²) in [7, 11) is 0. The van der Waals surface area contributed by atoms with Crippen molar-refractivity contribution in [2.45, 2.75) is 26.3 Å². The molecule has 82 valence electrons. The molecule has 0 aliphatic rings. The van der Waals surface area contributed by atoms with E-state index < -0.39 is 0 Å². The van der Waals surface area contributed by atoms with Crippen LogP contribution in [-0.4, -0.2) is 6.54 Å². The van der Waals surface area contributed by atoms with Crippen LogP contribution in [0.25, 0.3) is 0 Å². The topological polar surface area (TPSA) is 12.0 Å². The van der Waals surface area contributed by atoms with E-state index in [0.29, 0.717) is 0 Å². The van der Waals surface area contributed by atoms with Gasteiger partial charge in [-0.15, -0.1) is 6.58 Å². The van der Waals surface area contributed by atoms with Crippen LogP contribution in [0.2, 0.25) is 0 Å². The Morgan fingerprint density at radius 2 is 2.27 bits per heavy atom. The molecular formula is C13H18BrN. The highest BCUT2D eigenvalue weighted by molar-refractivity contribution is 9.10. The molecule has 1 atom stereocenters. The number of rotatable bonds is 5. The van der Waals surface area contributed by atoms with E-state index in [2.05, 4.69) is 59.9 Å². The van der Waals surface area contributed by atoms with Gasteiger partial charge in [-0.3, -0.25) is 0 Å². The van der Waals surface area contributed by atoms with E-state index >= 15 is 0 Å². The first-order chi connectivity index (χ1) is 7.20. The van der Waals surface area contributed by atoms with Crippen molar-refractivity contribution in [3.05, 3.63) is 46.5 Å². The highest BCUT2D eigenvalue weighted by atomic mass is 79.9. The second-order valence-corrected chi connectivity index (χ2v) is 4.48. The van der Waals surface area contributed by atoms with E-state index in [1.54, 1.807) is 0 Å². The van der Waals surface area contributed by atoms with Gasteiger partial charge in [0.05, 0.1) is 6.04 Å². The Morgan fingerprint density at radius 3 is 2.87 bits per heavy atom. The van der Waals surface area contributed by atoms with E-state index in [4.69, 9.17) is 0 Å². The lowest BCUT2D eigenvalue weighted by atomic mass is 10.0. The van der Waals surface area contributed by atoms with E-state index in [9.17, 15) is 0 Å². The Bertz CT molecular complexity index is 333. The van der Waals surface area contributed by atoms with Gasteiger partial charge in [0, 0.05) is 4.47 Å². The van der Waals surface area contributed by atoms with Gasteiger partial charge < -0.3 is 5.32 Å². The zero-order valence-electron chi connectivity index (χ0n) is 9.39. The zero-order valence-corrected chi connectivity index (χ0v) is 11.0. The molecule has 2 heteroatoms. The number of halogens is 1. The highest BCUT2D eigenvalue weighted by Crippen LogP contribution is 2.25. The summed E-state index contributed by atoms with van der Waals surface area (Å²) in [6, 6.07) is 6.53. The third-order valence-electron chi connectivity index (χ3n) is 2.49. The molecule has 0 saturated carbocycles. The van der Waals surface area contributed by atoms with Crippen LogP contribution in [0.1, 0.15) is 30.5 Å². The van der Waals surface area contributed by atoms with E-state index in [1.165, 1.54) is 11.1 Å². The quantitative estimate of drug-likeness (QED) is 0.796. The molecule has 1 unspecified atom stereocenters. The van der Waals surface area contributed by atoms with Crippen LogP contribution in [0, 0.1) is 6.92 Å². The Labute approximate surface area is 101 Å². The van der Waals surface area contributed by atoms with Gasteiger partial charge in [0.25, 0.3) is 0 Å². The average molecular weight is 268 g/mol. The smallest absolute Gasteiger partial charge is 0.0506 e. The minimum absolute atomic E-state index is 0.252. The van der Waals surface area contributed by atoms with Gasteiger partial charge in [-0.05, 0) is 37.1 Å². The van der Waals surface area contributed by atoms with Crippen LogP contribution in [0.3, 0.4) is 0 Å². The maximum atomic E-state index is 3.88. The monoisotopic (exact) mass is 267 g/mol. The molecule has 0 aliphatic carbocycles. The molecule has 1 aromatic rings. The second kappa shape index (κ2) is 6.09. The molecule has 0 amide bonds. The summed E-state index contributed by atoms with van der Waals surface area (Å²) < 4.78 is 1.16. The van der Waals surface area contributed by atoms with Crippen molar-refractivity contribution in [3.63, 3.8) is 0 Å². The number of benzene rings is 1. The number of hydrogen-bond donors (Lipinski definition) is 1. The summed E-state index contributed by atoms with van der Waals surface area (Å²) in [5, 5.41) is 3.46. The summed E-state index contributed by atoms with van der Waals surface area (Å²) in [5.41, 5.74) is 2.58. The van der Waals surface area contributed by atoms with Crippen molar-refractivity contribution in [1.29, 1.82) is 0 Å². The summed E-state index contributed by atoms with van der Waals surface area (Å²) in [6.07, 6.45) is 3.10. The van der Waals surface area contributed by atoms with Crippen molar-refractivity contribution < 1.29 is 0 Å². The Balaban J connectivity index is 2.91. The first-order valence-electron chi connectivity index (χ1n) is 5.31. The molecule has 0 spiro atoms. The van der Waals surface area contributed by atoms with Crippen LogP contribution in [0.4, 0.5) is 0 Å². The zero-order chi connectivity index (χ0) is 11.3. The largest absolute Gasteiger partial charge is 0.307 e. The first-order valence-corrected chi connectivity index (χ1v) is 6.11. The Morgan fingerprint density at radius 1 is 1.53 bits per heavy atom. The van der Waals surface area contributed by atoms with Gasteiger partial charge >= 0.3 is 0 Å². The van der Waals surface area contributed by atoms with Crippen LogP contribution >= 0.6 is 15.9 Å². The third kappa shape index (κ3) is 3.18. The molecule has 0 heterocycles. The van der Waals surface area contributed by atoms with Crippen LogP contribution in [-0.2, 0) is 0 Å². The lowest BCUT2D eigenvalue weighted by molar-refractivity contribution is 0.611. The molecule has 1 aromatic carbocycles. The van der Waals surface area contributed by atoms with Crippen LogP contribution < -0.4 is 5.32 Å². The van der Waals surface area contributed by atoms with Crippen LogP contribution in [0.15, 0.2) is 35.3 Å². The fraction of sp³-hybridized carbons (Fsp3) is 0.385. The number of nitrogens with one attached hydrogen (secondary N) is 1. The maximum Gasteiger partial charge on any atom is 0.0506 e. The molecule has 1 nitrogen and oxygen atoms in total. The maximum absolute atomic E-state index is 3.88. The van der Waals surface area contributed by atoms with Gasteiger partial charge in [-0.2, -0.15) is 0 Å². The summed E-state index contributed by atoms with van der Waals surface area (Å²) >= 11 is 3.55. The van der Waals surface area contributed by atoms with Gasteiger partial charge in [0.1, 0.15) is 0 Å². The predicted molar refractivity (Wildman–Crippen MR) is 70.1 cm³/mol. The fourth-order valence-electron chi connectivity index (χ4n) is 1.58. The Hall–Kier alpha value is -0.600. The molecule has 1 N–H and O–H groups in total. The van der Waals surface area contributed by atoms with E-state index in [-0.39, 0.29) is 6.04 Å². The molecule has 1 rings (SSSR count). The third-order valence-corrected chi connectivity index (χ3v) is 3.35. The molecule has 0 saturated heterocycles. The fourth-order valence-corrected chi connectivity index (χ4v) is 1.96. The molecular weight excluding hydrogens is 250 g/mol. The van der Waals surface area contributed by atoms with Crippen LogP contribution in [0.5, 0.6) is 0 Å². The SMILES string of the molecule is C=CC(NCCC)c1cccc(Br)c1C. The molecule has 0 radical (unpaired) electrons. The van der Waals surface area contributed by atoms with Gasteiger partial charge in [-0.1, -0.05) is 41.1 Å². The van der Waals surface area contributed by atoms with E-state index in [1.807, 2.05) is 6.08 Å². The molecule has 0 fully saturated rings. The van der Waals surface area contributed by atoms with Gasteiger partial charge in [0.15, 0.2) is 0 Å². The standard InChI is InChI=1S/C13H18BrN/c1-4-9-15-13(5-2)11-7-6-8-12(14)10(11)3/h5-8,13,15H,2,4,9H2,1,3H3. The summed E-state index contributed by atoms with van der Waals surface area (Å²) in [4.78, 5) is 0. The van der Waals surface area contributed by atoms with Crippen molar-refractivity contribution in [3.8, 4) is 0 Å². The first kappa shape index (κ1) is 12.5.